The van der Waals surface area contributed by atoms with Crippen LogP contribution in [0.2, 0.25) is 0 Å². The van der Waals surface area contributed by atoms with Crippen molar-refractivity contribution >= 4 is 11.9 Å². The van der Waals surface area contributed by atoms with Gasteiger partial charge in [-0.3, -0.25) is 4.79 Å². The summed E-state index contributed by atoms with van der Waals surface area (Å²) in [5, 5.41) is 8.37. The number of hydrogen-bond acceptors (Lipinski definition) is 4. The molecule has 1 atom stereocenters. The summed E-state index contributed by atoms with van der Waals surface area (Å²) in [5.74, 6) is 1.09. The molecule has 0 aromatic heterocycles. The van der Waals surface area contributed by atoms with Crippen molar-refractivity contribution in [3.05, 3.63) is 23.8 Å². The molecule has 7 nitrogen and oxygen atoms in total. The summed E-state index contributed by atoms with van der Waals surface area (Å²) in [6.45, 7) is 2.00. The van der Waals surface area contributed by atoms with Crippen LogP contribution in [-0.4, -0.2) is 38.2 Å². The molecule has 1 aromatic rings. The van der Waals surface area contributed by atoms with Crippen molar-refractivity contribution in [3.8, 4) is 11.5 Å². The lowest BCUT2D eigenvalue weighted by Gasteiger charge is -2.18. The van der Waals surface area contributed by atoms with Gasteiger partial charge in [0.25, 0.3) is 0 Å². The molecule has 0 unspecified atom stereocenters. The lowest BCUT2D eigenvalue weighted by Crippen LogP contribution is -2.50. The summed E-state index contributed by atoms with van der Waals surface area (Å²) in [4.78, 5) is 24.1. The van der Waals surface area contributed by atoms with Crippen molar-refractivity contribution in [1.29, 1.82) is 0 Å². The van der Waals surface area contributed by atoms with Crippen LogP contribution < -0.4 is 25.4 Å². The molecule has 1 aromatic carbocycles. The second-order valence-electron chi connectivity index (χ2n) is 6.23. The zero-order chi connectivity index (χ0) is 18.2. The molecule has 1 aliphatic rings. The molecule has 3 amide bonds. The van der Waals surface area contributed by atoms with Crippen molar-refractivity contribution < 1.29 is 19.1 Å². The van der Waals surface area contributed by atoms with Gasteiger partial charge in [-0.2, -0.15) is 0 Å². The monoisotopic (exact) mass is 349 g/mol. The van der Waals surface area contributed by atoms with E-state index in [1.807, 2.05) is 6.07 Å². The number of carbonyl (C=O) groups is 2. The van der Waals surface area contributed by atoms with Gasteiger partial charge in [-0.15, -0.1) is 0 Å². The molecule has 0 saturated heterocycles. The van der Waals surface area contributed by atoms with Crippen LogP contribution in [-0.2, 0) is 11.3 Å². The van der Waals surface area contributed by atoms with Gasteiger partial charge in [0.2, 0.25) is 5.91 Å². The highest BCUT2D eigenvalue weighted by Crippen LogP contribution is 2.27. The van der Waals surface area contributed by atoms with Gasteiger partial charge in [-0.1, -0.05) is 18.9 Å². The second-order valence-corrected chi connectivity index (χ2v) is 6.23. The van der Waals surface area contributed by atoms with E-state index in [0.29, 0.717) is 18.0 Å². The lowest BCUT2D eigenvalue weighted by molar-refractivity contribution is -0.123. The fourth-order valence-corrected chi connectivity index (χ4v) is 2.88. The van der Waals surface area contributed by atoms with E-state index in [0.717, 1.165) is 31.2 Å². The number of urea groups is 1. The number of hydrogen-bond donors (Lipinski definition) is 3. The fourth-order valence-electron chi connectivity index (χ4n) is 2.88. The van der Waals surface area contributed by atoms with Gasteiger partial charge in [-0.05, 0) is 37.5 Å². The highest BCUT2D eigenvalue weighted by atomic mass is 16.5. The minimum atomic E-state index is -0.578. The molecule has 138 valence electrons. The van der Waals surface area contributed by atoms with Crippen molar-refractivity contribution in [2.24, 2.45) is 0 Å². The van der Waals surface area contributed by atoms with Gasteiger partial charge in [0.15, 0.2) is 11.5 Å². The van der Waals surface area contributed by atoms with E-state index in [1.165, 1.54) is 0 Å². The van der Waals surface area contributed by atoms with Crippen molar-refractivity contribution in [1.82, 2.24) is 16.0 Å². The van der Waals surface area contributed by atoms with Crippen molar-refractivity contribution in [2.75, 3.05) is 14.2 Å². The molecule has 1 aliphatic carbocycles. The topological polar surface area (TPSA) is 88.7 Å². The lowest BCUT2D eigenvalue weighted by atomic mass is 10.2. The number of rotatable bonds is 7. The summed E-state index contributed by atoms with van der Waals surface area (Å²) >= 11 is 0. The van der Waals surface area contributed by atoms with Crippen molar-refractivity contribution in [2.45, 2.75) is 51.2 Å². The first-order valence-electron chi connectivity index (χ1n) is 8.59. The second kappa shape index (κ2) is 9.15. The first kappa shape index (κ1) is 18.9. The Morgan fingerprint density at radius 1 is 1.16 bits per heavy atom. The van der Waals surface area contributed by atoms with Gasteiger partial charge >= 0.3 is 6.03 Å². The molecule has 3 N–H and O–H groups in total. The highest BCUT2D eigenvalue weighted by Gasteiger charge is 2.21. The maximum atomic E-state index is 12.1. The molecule has 0 aliphatic heterocycles. The van der Waals surface area contributed by atoms with E-state index < -0.39 is 6.04 Å². The van der Waals surface area contributed by atoms with Crippen LogP contribution in [0.15, 0.2) is 18.2 Å². The molecule has 2 rings (SSSR count). The van der Waals surface area contributed by atoms with E-state index in [1.54, 1.807) is 33.3 Å². The molecule has 1 fully saturated rings. The number of methoxy groups -OCH3 is 2. The van der Waals surface area contributed by atoms with E-state index in [4.69, 9.17) is 9.47 Å². The first-order chi connectivity index (χ1) is 12.0. The molecular weight excluding hydrogens is 322 g/mol. The van der Waals surface area contributed by atoms with Crippen LogP contribution in [0.4, 0.5) is 4.79 Å². The van der Waals surface area contributed by atoms with Crippen LogP contribution in [0, 0.1) is 0 Å². The quantitative estimate of drug-likeness (QED) is 0.702. The molecule has 7 heteroatoms. The number of carbonyl (C=O) groups excluding carboxylic acids is 2. The summed E-state index contributed by atoms with van der Waals surface area (Å²) in [7, 11) is 3.13. The van der Waals surface area contributed by atoms with Crippen LogP contribution >= 0.6 is 0 Å². The average Bonchev–Trinajstić information content (AvgIpc) is 3.12. The zero-order valence-electron chi connectivity index (χ0n) is 15.1. The van der Waals surface area contributed by atoms with Crippen molar-refractivity contribution in [3.63, 3.8) is 0 Å². The number of nitrogens with one attached hydrogen (secondary N) is 3. The Morgan fingerprint density at radius 3 is 2.48 bits per heavy atom. The summed E-state index contributed by atoms with van der Waals surface area (Å²) in [6.07, 6.45) is 4.34. The van der Waals surface area contributed by atoms with Crippen LogP contribution in [0.1, 0.15) is 38.2 Å². The smallest absolute Gasteiger partial charge is 0.315 e. The predicted octanol–water partition coefficient (Wildman–Crippen LogP) is 1.95. The van der Waals surface area contributed by atoms with Crippen LogP contribution in [0.3, 0.4) is 0 Å². The zero-order valence-corrected chi connectivity index (χ0v) is 15.1. The van der Waals surface area contributed by atoms with E-state index in [2.05, 4.69) is 16.0 Å². The van der Waals surface area contributed by atoms with Gasteiger partial charge in [0.1, 0.15) is 6.04 Å². The normalized spacial score (nSPS) is 15.3. The molecule has 0 heterocycles. The Balaban J connectivity index is 1.78. The number of benzene rings is 1. The standard InChI is InChI=1S/C18H27N3O4/c1-12(17(22)21-14-6-4-5-7-14)20-18(23)19-11-13-8-9-15(24-2)16(10-13)25-3/h8-10,12,14H,4-7,11H2,1-3H3,(H,21,22)(H2,19,20,23)/t12-/m0/s1. The summed E-state index contributed by atoms with van der Waals surface area (Å²) in [6, 6.07) is 4.71. The van der Waals surface area contributed by atoms with Crippen LogP contribution in [0.5, 0.6) is 11.5 Å². The van der Waals surface area contributed by atoms with Gasteiger partial charge in [-0.25, -0.2) is 4.79 Å². The highest BCUT2D eigenvalue weighted by molar-refractivity contribution is 5.86. The van der Waals surface area contributed by atoms with E-state index in [9.17, 15) is 9.59 Å². The summed E-state index contributed by atoms with van der Waals surface area (Å²) in [5.41, 5.74) is 0.871. The maximum Gasteiger partial charge on any atom is 0.315 e. The third-order valence-electron chi connectivity index (χ3n) is 4.34. The minimum absolute atomic E-state index is 0.145. The SMILES string of the molecule is COc1ccc(CNC(=O)N[C@@H](C)C(=O)NC2CCCC2)cc1OC. The Bertz CT molecular complexity index is 600. The van der Waals surface area contributed by atoms with E-state index >= 15 is 0 Å². The third-order valence-corrected chi connectivity index (χ3v) is 4.34. The minimum Gasteiger partial charge on any atom is -0.493 e. The Kier molecular flexibility index (Phi) is 6.91. The summed E-state index contributed by atoms with van der Waals surface area (Å²) < 4.78 is 10.4. The van der Waals surface area contributed by atoms with Gasteiger partial charge in [0, 0.05) is 12.6 Å². The maximum absolute atomic E-state index is 12.1. The Labute approximate surface area is 148 Å². The number of amides is 3. The Morgan fingerprint density at radius 2 is 1.84 bits per heavy atom. The van der Waals surface area contributed by atoms with E-state index in [-0.39, 0.29) is 18.0 Å². The molecule has 0 bridgehead atoms. The largest absolute Gasteiger partial charge is 0.493 e. The van der Waals surface area contributed by atoms with Gasteiger partial charge in [0.05, 0.1) is 14.2 Å². The Hall–Kier alpha value is -2.44. The van der Waals surface area contributed by atoms with Crippen LogP contribution in [0.25, 0.3) is 0 Å². The van der Waals surface area contributed by atoms with Gasteiger partial charge < -0.3 is 25.4 Å². The fraction of sp³-hybridized carbons (Fsp3) is 0.556. The third kappa shape index (κ3) is 5.55. The molecular formula is C18H27N3O4. The molecule has 0 spiro atoms. The predicted molar refractivity (Wildman–Crippen MR) is 94.8 cm³/mol. The number of ether oxygens (including phenoxy) is 2. The molecule has 25 heavy (non-hydrogen) atoms. The molecule has 0 radical (unpaired) electrons. The average molecular weight is 349 g/mol. The molecule has 1 saturated carbocycles. The first-order valence-corrected chi connectivity index (χ1v) is 8.59.